The third-order valence-electron chi connectivity index (χ3n) is 3.03. The summed E-state index contributed by atoms with van der Waals surface area (Å²) in [5, 5.41) is 1.26. The minimum absolute atomic E-state index is 0.0866. The number of carbonyl (C=O) groups is 1. The van der Waals surface area contributed by atoms with Gasteiger partial charge < -0.3 is 9.73 Å². The van der Waals surface area contributed by atoms with Gasteiger partial charge in [-0.15, -0.1) is 11.8 Å². The van der Waals surface area contributed by atoms with Crippen LogP contribution in [0.1, 0.15) is 19.1 Å². The molecule has 0 aliphatic heterocycles. The predicted molar refractivity (Wildman–Crippen MR) is 79.0 cm³/mol. The standard InChI is InChI=1S/C15H13F4NO2S/c1-2-11(23-7-8-4-3-5-22-8)15(21)20-14-12(18)9(16)6-10(17)13(14)19/h3-6,11H,2,7H2,1H3,(H,20,21). The highest BCUT2D eigenvalue weighted by molar-refractivity contribution is 7.99. The number of halogens is 4. The van der Waals surface area contributed by atoms with Crippen LogP contribution in [0.5, 0.6) is 0 Å². The zero-order chi connectivity index (χ0) is 17.0. The molecule has 1 amide bonds. The Morgan fingerprint density at radius 3 is 2.43 bits per heavy atom. The molecule has 0 radical (unpaired) electrons. The van der Waals surface area contributed by atoms with Crippen LogP contribution in [0.15, 0.2) is 28.9 Å². The van der Waals surface area contributed by atoms with E-state index in [2.05, 4.69) is 0 Å². The molecule has 0 fully saturated rings. The maximum Gasteiger partial charge on any atom is 0.237 e. The maximum absolute atomic E-state index is 13.6. The maximum atomic E-state index is 13.6. The summed E-state index contributed by atoms with van der Waals surface area (Å²) >= 11 is 1.19. The SMILES string of the molecule is CCC(SCc1ccco1)C(=O)Nc1c(F)c(F)cc(F)c1F. The highest BCUT2D eigenvalue weighted by Crippen LogP contribution is 2.27. The van der Waals surface area contributed by atoms with Gasteiger partial charge in [-0.1, -0.05) is 6.92 Å². The molecule has 124 valence electrons. The Hall–Kier alpha value is -1.96. The van der Waals surface area contributed by atoms with E-state index in [0.29, 0.717) is 17.9 Å². The van der Waals surface area contributed by atoms with Crippen molar-refractivity contribution in [1.82, 2.24) is 0 Å². The lowest BCUT2D eigenvalue weighted by Gasteiger charge is -2.15. The van der Waals surface area contributed by atoms with Crippen molar-refractivity contribution in [3.8, 4) is 0 Å². The molecule has 1 heterocycles. The summed E-state index contributed by atoms with van der Waals surface area (Å²) < 4.78 is 58.5. The number of amides is 1. The number of nitrogens with one attached hydrogen (secondary N) is 1. The number of anilines is 1. The second kappa shape index (κ2) is 7.54. The molecule has 2 aromatic rings. The molecule has 1 aromatic heterocycles. The molecule has 23 heavy (non-hydrogen) atoms. The fraction of sp³-hybridized carbons (Fsp3) is 0.267. The average Bonchev–Trinajstić information content (AvgIpc) is 3.03. The van der Waals surface area contributed by atoms with Crippen LogP contribution in [-0.2, 0) is 10.5 Å². The minimum Gasteiger partial charge on any atom is -0.468 e. The molecule has 0 bridgehead atoms. The summed E-state index contributed by atoms with van der Waals surface area (Å²) in [6.07, 6.45) is 1.84. The Balaban J connectivity index is 2.10. The van der Waals surface area contributed by atoms with Gasteiger partial charge in [0.1, 0.15) is 11.4 Å². The molecule has 1 atom stereocenters. The number of furan rings is 1. The van der Waals surface area contributed by atoms with Crippen molar-refractivity contribution in [2.24, 2.45) is 0 Å². The second-order valence-electron chi connectivity index (χ2n) is 4.62. The van der Waals surface area contributed by atoms with E-state index >= 15 is 0 Å². The van der Waals surface area contributed by atoms with Crippen LogP contribution in [0.25, 0.3) is 0 Å². The largest absolute Gasteiger partial charge is 0.468 e. The fourth-order valence-corrected chi connectivity index (χ4v) is 2.82. The smallest absolute Gasteiger partial charge is 0.237 e. The van der Waals surface area contributed by atoms with Crippen molar-refractivity contribution in [3.05, 3.63) is 53.5 Å². The monoisotopic (exact) mass is 347 g/mol. The molecule has 1 N–H and O–H groups in total. The molecule has 0 saturated carbocycles. The molecule has 2 rings (SSSR count). The first-order chi connectivity index (χ1) is 10.9. The van der Waals surface area contributed by atoms with E-state index < -0.39 is 40.1 Å². The first-order valence-corrected chi connectivity index (χ1v) is 7.76. The van der Waals surface area contributed by atoms with Crippen LogP contribution in [0.3, 0.4) is 0 Å². The second-order valence-corrected chi connectivity index (χ2v) is 5.81. The average molecular weight is 347 g/mol. The van der Waals surface area contributed by atoms with Gasteiger partial charge in [0.05, 0.1) is 17.3 Å². The van der Waals surface area contributed by atoms with Crippen LogP contribution < -0.4 is 5.32 Å². The molecule has 8 heteroatoms. The minimum atomic E-state index is -1.64. The van der Waals surface area contributed by atoms with E-state index in [4.69, 9.17) is 4.42 Å². The molecule has 0 spiro atoms. The summed E-state index contributed by atoms with van der Waals surface area (Å²) in [6.45, 7) is 1.71. The lowest BCUT2D eigenvalue weighted by molar-refractivity contribution is -0.115. The molecule has 1 aromatic carbocycles. The fourth-order valence-electron chi connectivity index (χ4n) is 1.84. The molecule has 3 nitrogen and oxygen atoms in total. The highest BCUT2D eigenvalue weighted by atomic mass is 32.2. The van der Waals surface area contributed by atoms with E-state index in [1.54, 1.807) is 19.1 Å². The predicted octanol–water partition coefficient (Wildman–Crippen LogP) is 4.49. The topological polar surface area (TPSA) is 42.2 Å². The number of hydrogen-bond donors (Lipinski definition) is 1. The molecular formula is C15H13F4NO2S. The Labute approximate surface area is 134 Å². The van der Waals surface area contributed by atoms with Gasteiger partial charge in [-0.3, -0.25) is 4.79 Å². The van der Waals surface area contributed by atoms with E-state index in [9.17, 15) is 22.4 Å². The zero-order valence-corrected chi connectivity index (χ0v) is 12.9. The summed E-state index contributed by atoms with van der Waals surface area (Å²) in [6, 6.07) is 3.50. The van der Waals surface area contributed by atoms with Crippen LogP contribution in [0.4, 0.5) is 23.2 Å². The molecule has 0 saturated heterocycles. The zero-order valence-electron chi connectivity index (χ0n) is 12.0. The van der Waals surface area contributed by atoms with Gasteiger partial charge >= 0.3 is 0 Å². The number of benzene rings is 1. The lowest BCUT2D eigenvalue weighted by atomic mass is 10.2. The Bertz CT molecular complexity index is 665. The summed E-state index contributed by atoms with van der Waals surface area (Å²) in [4.78, 5) is 12.1. The molecule has 1 unspecified atom stereocenters. The molecule has 0 aliphatic rings. The molecule has 0 aliphatic carbocycles. The normalized spacial score (nSPS) is 12.2. The molecular weight excluding hydrogens is 334 g/mol. The number of thioether (sulfide) groups is 1. The van der Waals surface area contributed by atoms with Gasteiger partial charge in [-0.05, 0) is 18.6 Å². The van der Waals surface area contributed by atoms with Crippen molar-refractivity contribution >= 4 is 23.4 Å². The quantitative estimate of drug-likeness (QED) is 0.619. The van der Waals surface area contributed by atoms with Gasteiger partial charge in [-0.25, -0.2) is 17.6 Å². The van der Waals surface area contributed by atoms with E-state index in [-0.39, 0.29) is 6.07 Å². The van der Waals surface area contributed by atoms with Gasteiger partial charge in [0, 0.05) is 6.07 Å². The third kappa shape index (κ3) is 4.07. The van der Waals surface area contributed by atoms with Gasteiger partial charge in [0.25, 0.3) is 0 Å². The van der Waals surface area contributed by atoms with Crippen molar-refractivity contribution in [2.45, 2.75) is 24.3 Å². The first-order valence-electron chi connectivity index (χ1n) is 6.71. The third-order valence-corrected chi connectivity index (χ3v) is 4.43. The van der Waals surface area contributed by atoms with Crippen LogP contribution in [0, 0.1) is 23.3 Å². The van der Waals surface area contributed by atoms with Crippen molar-refractivity contribution in [1.29, 1.82) is 0 Å². The summed E-state index contributed by atoms with van der Waals surface area (Å²) in [5.74, 6) is -6.15. The highest BCUT2D eigenvalue weighted by Gasteiger charge is 2.24. The Kier molecular flexibility index (Phi) is 5.70. The number of rotatable bonds is 6. The van der Waals surface area contributed by atoms with Crippen molar-refractivity contribution < 1.29 is 26.8 Å². The van der Waals surface area contributed by atoms with Crippen LogP contribution in [0.2, 0.25) is 0 Å². The van der Waals surface area contributed by atoms with Crippen LogP contribution in [-0.4, -0.2) is 11.2 Å². The van der Waals surface area contributed by atoms with E-state index in [1.165, 1.54) is 18.0 Å². The lowest BCUT2D eigenvalue weighted by Crippen LogP contribution is -2.26. The van der Waals surface area contributed by atoms with Gasteiger partial charge in [0.15, 0.2) is 23.3 Å². The van der Waals surface area contributed by atoms with E-state index in [1.807, 2.05) is 5.32 Å². The first kappa shape index (κ1) is 17.4. The van der Waals surface area contributed by atoms with Gasteiger partial charge in [0.2, 0.25) is 5.91 Å². The number of hydrogen-bond acceptors (Lipinski definition) is 3. The van der Waals surface area contributed by atoms with Crippen LogP contribution >= 0.6 is 11.8 Å². The van der Waals surface area contributed by atoms with Gasteiger partial charge in [-0.2, -0.15) is 0 Å². The van der Waals surface area contributed by atoms with E-state index in [0.717, 1.165) is 0 Å². The summed E-state index contributed by atoms with van der Waals surface area (Å²) in [5.41, 5.74) is -1.12. The van der Waals surface area contributed by atoms with Crippen molar-refractivity contribution in [3.63, 3.8) is 0 Å². The Morgan fingerprint density at radius 1 is 1.26 bits per heavy atom. The summed E-state index contributed by atoms with van der Waals surface area (Å²) in [7, 11) is 0. The Morgan fingerprint density at radius 2 is 1.91 bits per heavy atom. The van der Waals surface area contributed by atoms with Crippen molar-refractivity contribution in [2.75, 3.05) is 5.32 Å². The number of carbonyl (C=O) groups excluding carboxylic acids is 1.